The largest absolute Gasteiger partial charge is 0.287 e. The lowest BCUT2D eigenvalue weighted by Gasteiger charge is -1.93. The van der Waals surface area contributed by atoms with Crippen molar-refractivity contribution < 1.29 is 4.79 Å². The molecule has 0 aliphatic carbocycles. The molecule has 13 heavy (non-hydrogen) atoms. The lowest BCUT2D eigenvalue weighted by molar-refractivity contribution is 0.103. The third-order valence-corrected chi connectivity index (χ3v) is 2.08. The van der Waals surface area contributed by atoms with Gasteiger partial charge in [-0.3, -0.25) is 4.79 Å². The van der Waals surface area contributed by atoms with Crippen LogP contribution >= 0.6 is 11.5 Å². The molecule has 0 saturated heterocycles. The van der Waals surface area contributed by atoms with Gasteiger partial charge in [0, 0.05) is 10.9 Å². The monoisotopic (exact) mass is 191 g/mol. The highest BCUT2D eigenvalue weighted by atomic mass is 32.1. The molecule has 0 unspecified atom stereocenters. The van der Waals surface area contributed by atoms with Crippen molar-refractivity contribution in [2.75, 3.05) is 0 Å². The lowest BCUT2D eigenvalue weighted by Crippen LogP contribution is -2.01. The van der Waals surface area contributed by atoms with Gasteiger partial charge in [0.1, 0.15) is 5.69 Å². The summed E-state index contributed by atoms with van der Waals surface area (Å²) in [5.41, 5.74) is 0.971. The van der Waals surface area contributed by atoms with Crippen molar-refractivity contribution in [3.8, 4) is 0 Å². The van der Waals surface area contributed by atoms with Crippen LogP contribution in [-0.2, 0) is 0 Å². The topological polar surface area (TPSA) is 55.7 Å². The Kier molecular flexibility index (Phi) is 2.09. The van der Waals surface area contributed by atoms with E-state index in [2.05, 4.69) is 14.6 Å². The van der Waals surface area contributed by atoms with Crippen LogP contribution in [0.3, 0.4) is 0 Å². The van der Waals surface area contributed by atoms with E-state index in [0.717, 1.165) is 0 Å². The van der Waals surface area contributed by atoms with Gasteiger partial charge in [-0.05, 0) is 23.7 Å². The molecule has 64 valence electrons. The van der Waals surface area contributed by atoms with Crippen LogP contribution in [0.2, 0.25) is 0 Å². The van der Waals surface area contributed by atoms with E-state index in [0.29, 0.717) is 11.3 Å². The molecule has 0 spiro atoms. The first kappa shape index (κ1) is 8.00. The minimum absolute atomic E-state index is 0.115. The second kappa shape index (κ2) is 3.40. The first-order chi connectivity index (χ1) is 6.38. The number of nitrogens with zero attached hydrogens (tertiary/aromatic N) is 3. The van der Waals surface area contributed by atoms with Crippen LogP contribution in [0.25, 0.3) is 0 Å². The van der Waals surface area contributed by atoms with E-state index in [9.17, 15) is 4.79 Å². The molecular weight excluding hydrogens is 186 g/mol. The number of ketones is 1. The van der Waals surface area contributed by atoms with Crippen LogP contribution in [0.1, 0.15) is 16.1 Å². The highest BCUT2D eigenvalue weighted by Crippen LogP contribution is 2.07. The summed E-state index contributed by atoms with van der Waals surface area (Å²) >= 11 is 1.26. The van der Waals surface area contributed by atoms with Crippen LogP contribution in [-0.4, -0.2) is 20.4 Å². The zero-order chi connectivity index (χ0) is 9.10. The van der Waals surface area contributed by atoms with Gasteiger partial charge in [-0.1, -0.05) is 0 Å². The molecule has 0 N–H and O–H groups in total. The predicted octanol–water partition coefficient (Wildman–Crippen LogP) is 1.16. The van der Waals surface area contributed by atoms with Crippen molar-refractivity contribution in [1.29, 1.82) is 0 Å². The molecule has 0 aliphatic rings. The second-order valence-corrected chi connectivity index (χ2v) is 3.01. The predicted molar refractivity (Wildman–Crippen MR) is 47.6 cm³/mol. The second-order valence-electron chi connectivity index (χ2n) is 2.34. The third kappa shape index (κ3) is 1.59. The Balaban J connectivity index is 2.34. The molecule has 2 heterocycles. The first-order valence-electron chi connectivity index (χ1n) is 3.60. The van der Waals surface area contributed by atoms with Gasteiger partial charge in [0.15, 0.2) is 0 Å². The molecule has 5 heteroatoms. The quantitative estimate of drug-likeness (QED) is 0.668. The van der Waals surface area contributed by atoms with Crippen molar-refractivity contribution in [1.82, 2.24) is 14.6 Å². The molecule has 0 saturated carbocycles. The molecule has 0 atom stereocenters. The van der Waals surface area contributed by atoms with Gasteiger partial charge in [-0.25, -0.2) is 0 Å². The van der Waals surface area contributed by atoms with Gasteiger partial charge in [-0.2, -0.15) is 14.6 Å². The maximum atomic E-state index is 11.6. The molecule has 2 aromatic heterocycles. The van der Waals surface area contributed by atoms with Crippen LogP contribution in [0.4, 0.5) is 0 Å². The highest BCUT2D eigenvalue weighted by molar-refractivity contribution is 7.03. The van der Waals surface area contributed by atoms with E-state index in [1.807, 2.05) is 0 Å². The van der Waals surface area contributed by atoms with Crippen molar-refractivity contribution in [3.63, 3.8) is 0 Å². The zero-order valence-corrected chi connectivity index (χ0v) is 7.36. The summed E-state index contributed by atoms with van der Waals surface area (Å²) in [6.07, 6.45) is 2.92. The summed E-state index contributed by atoms with van der Waals surface area (Å²) in [6.45, 7) is 0. The van der Waals surface area contributed by atoms with E-state index in [1.165, 1.54) is 23.9 Å². The molecule has 0 fully saturated rings. The minimum atomic E-state index is -0.115. The Morgan fingerprint density at radius 2 is 2.23 bits per heavy atom. The third-order valence-electron chi connectivity index (χ3n) is 1.52. The fourth-order valence-electron chi connectivity index (χ4n) is 0.903. The van der Waals surface area contributed by atoms with Gasteiger partial charge in [-0.15, -0.1) is 0 Å². The van der Waals surface area contributed by atoms with Crippen molar-refractivity contribution in [2.24, 2.45) is 0 Å². The van der Waals surface area contributed by atoms with Crippen molar-refractivity contribution in [2.45, 2.75) is 0 Å². The van der Waals surface area contributed by atoms with E-state index in [1.54, 1.807) is 17.5 Å². The van der Waals surface area contributed by atoms with Crippen LogP contribution in [0, 0.1) is 0 Å². The average Bonchev–Trinajstić information content (AvgIpc) is 2.71. The Morgan fingerprint density at radius 1 is 1.31 bits per heavy atom. The zero-order valence-electron chi connectivity index (χ0n) is 6.54. The average molecular weight is 191 g/mol. The molecule has 0 amide bonds. The fraction of sp³-hybridized carbons (Fsp3) is 0. The van der Waals surface area contributed by atoms with Crippen LogP contribution in [0.5, 0.6) is 0 Å². The molecule has 0 bridgehead atoms. The number of aromatic nitrogens is 3. The summed E-state index contributed by atoms with van der Waals surface area (Å²) in [4.78, 5) is 11.6. The van der Waals surface area contributed by atoms with Gasteiger partial charge in [0.25, 0.3) is 0 Å². The SMILES string of the molecule is O=C(c1ccnnc1)c1ccsn1. The summed E-state index contributed by atoms with van der Waals surface area (Å²) in [6, 6.07) is 3.31. The van der Waals surface area contributed by atoms with Gasteiger partial charge >= 0.3 is 0 Å². The Hall–Kier alpha value is -1.62. The molecule has 0 aromatic carbocycles. The summed E-state index contributed by atoms with van der Waals surface area (Å²) < 4.78 is 3.94. The molecule has 2 aromatic rings. The van der Waals surface area contributed by atoms with Crippen molar-refractivity contribution in [3.05, 3.63) is 41.2 Å². The maximum Gasteiger partial charge on any atom is 0.214 e. The Bertz CT molecular complexity index is 399. The Labute approximate surface area is 78.4 Å². The number of hydrogen-bond donors (Lipinski definition) is 0. The number of carbonyl (C=O) groups excluding carboxylic acids is 1. The maximum absolute atomic E-state index is 11.6. The molecule has 0 radical (unpaired) electrons. The van der Waals surface area contributed by atoms with E-state index >= 15 is 0 Å². The first-order valence-corrected chi connectivity index (χ1v) is 4.43. The molecule has 2 rings (SSSR count). The van der Waals surface area contributed by atoms with Crippen LogP contribution in [0.15, 0.2) is 29.9 Å². The fourth-order valence-corrected chi connectivity index (χ4v) is 1.41. The van der Waals surface area contributed by atoms with Gasteiger partial charge in [0.05, 0.1) is 12.4 Å². The summed E-state index contributed by atoms with van der Waals surface area (Å²) in [7, 11) is 0. The summed E-state index contributed by atoms with van der Waals surface area (Å²) in [5, 5.41) is 8.98. The molecule has 4 nitrogen and oxygen atoms in total. The van der Waals surface area contributed by atoms with E-state index in [-0.39, 0.29) is 5.78 Å². The van der Waals surface area contributed by atoms with E-state index < -0.39 is 0 Å². The smallest absolute Gasteiger partial charge is 0.214 e. The molecule has 0 aliphatic heterocycles. The van der Waals surface area contributed by atoms with Gasteiger partial charge < -0.3 is 0 Å². The number of carbonyl (C=O) groups is 1. The van der Waals surface area contributed by atoms with Crippen molar-refractivity contribution >= 4 is 17.3 Å². The number of hydrogen-bond acceptors (Lipinski definition) is 5. The van der Waals surface area contributed by atoms with Gasteiger partial charge in [0.2, 0.25) is 5.78 Å². The summed E-state index contributed by atoms with van der Waals surface area (Å²) in [5.74, 6) is -0.115. The van der Waals surface area contributed by atoms with E-state index in [4.69, 9.17) is 0 Å². The highest BCUT2D eigenvalue weighted by Gasteiger charge is 2.10. The lowest BCUT2D eigenvalue weighted by atomic mass is 10.1. The standard InChI is InChI=1S/C8H5N3OS/c12-8(7-2-4-13-11-7)6-1-3-9-10-5-6/h1-5H. The number of rotatable bonds is 2. The molecular formula is C8H5N3OS. The normalized spacial score (nSPS) is 9.85. The minimum Gasteiger partial charge on any atom is -0.287 e. The van der Waals surface area contributed by atoms with Crippen LogP contribution < -0.4 is 0 Å². The Morgan fingerprint density at radius 3 is 2.85 bits per heavy atom.